The molecule has 0 saturated heterocycles. The summed E-state index contributed by atoms with van der Waals surface area (Å²) >= 11 is 0. The summed E-state index contributed by atoms with van der Waals surface area (Å²) in [6.07, 6.45) is 0. The Hall–Kier alpha value is 3.93. The van der Waals surface area contributed by atoms with Crippen molar-refractivity contribution in [2.75, 3.05) is 0 Å². The van der Waals surface area contributed by atoms with E-state index in [9.17, 15) is 0 Å². The van der Waals surface area contributed by atoms with Gasteiger partial charge in [0.2, 0.25) is 0 Å². The van der Waals surface area contributed by atoms with E-state index in [0.717, 1.165) is 0 Å². The predicted molar refractivity (Wildman–Crippen MR) is 4.81 cm³/mol. The molecule has 0 aromatic rings. The van der Waals surface area contributed by atoms with Crippen LogP contribution in [0.5, 0.6) is 0 Å². The molecule has 7 nitrogen and oxygen atoms in total. The van der Waals surface area contributed by atoms with E-state index in [2.05, 4.69) is 0 Å². The third-order valence-electron chi connectivity index (χ3n) is 0. The molecule has 0 aromatic heterocycles. The molecule has 0 saturated carbocycles. The SMILES string of the molecule is [Li+].[Li+].[O-2].[O-2].[O-2].[O-2].[O-2].[O-2].[O-2].[Zn+2].[Zn+2].[Zr+4].[Zr+4]. The van der Waals surface area contributed by atoms with Crippen LogP contribution >= 0.6 is 0 Å². The van der Waals surface area contributed by atoms with E-state index in [1.165, 1.54) is 0 Å². The zero-order valence-corrected chi connectivity index (χ0v) is 18.1. The van der Waals surface area contributed by atoms with Crippen LogP contribution in [0, 0.1) is 0 Å². The molecule has 56 valence electrons. The molecule has 0 spiro atoms. The molecule has 0 amide bonds. The first kappa shape index (κ1) is 278. The third kappa shape index (κ3) is 200. The van der Waals surface area contributed by atoms with Crippen molar-refractivity contribution in [3.63, 3.8) is 0 Å². The van der Waals surface area contributed by atoms with Crippen molar-refractivity contribution in [2.24, 2.45) is 0 Å². The van der Waals surface area contributed by atoms with Gasteiger partial charge in [0.15, 0.2) is 0 Å². The second-order valence-corrected chi connectivity index (χ2v) is 0. The average molecular weight is 439 g/mol. The van der Waals surface area contributed by atoms with Crippen molar-refractivity contribution in [2.45, 2.75) is 0 Å². The summed E-state index contributed by atoms with van der Waals surface area (Å²) in [5.41, 5.74) is 0. The van der Waals surface area contributed by atoms with E-state index in [1.54, 1.807) is 0 Å². The summed E-state index contributed by atoms with van der Waals surface area (Å²) in [4.78, 5) is 0. The number of rotatable bonds is 0. The monoisotopic (exact) mass is 434 g/mol. The largest absolute Gasteiger partial charge is 4.00 e. The van der Waals surface area contributed by atoms with E-state index in [1.807, 2.05) is 0 Å². The van der Waals surface area contributed by atoms with E-state index in [-0.39, 0.29) is 167 Å². The molecule has 0 aliphatic carbocycles. The third-order valence-corrected chi connectivity index (χ3v) is 0. The molecule has 0 bridgehead atoms. The smallest absolute Gasteiger partial charge is 2.00 e. The Morgan fingerprint density at radius 1 is 0.308 bits per heavy atom. The molecule has 13 heteroatoms. The Balaban J connectivity index is 0. The molecular formula is Li2O7Zn2Zr2. The summed E-state index contributed by atoms with van der Waals surface area (Å²) < 4.78 is 0. The number of hydrogen-bond donors (Lipinski definition) is 0. The second kappa shape index (κ2) is 230. The van der Waals surface area contributed by atoms with Gasteiger partial charge in [0.25, 0.3) is 0 Å². The van der Waals surface area contributed by atoms with Gasteiger partial charge < -0.3 is 38.3 Å². The van der Waals surface area contributed by atoms with Crippen LogP contribution in [0.25, 0.3) is 0 Å². The first-order valence-electron chi connectivity index (χ1n) is 0. The van der Waals surface area contributed by atoms with Crippen LogP contribution in [0.1, 0.15) is 0 Å². The van der Waals surface area contributed by atoms with Crippen LogP contribution in [0.15, 0.2) is 0 Å². The topological polar surface area (TPSA) is 200 Å². The Bertz CT molecular complexity index is 22.5. The summed E-state index contributed by atoms with van der Waals surface area (Å²) in [6, 6.07) is 0. The quantitative estimate of drug-likeness (QED) is 0.324. The van der Waals surface area contributed by atoms with Crippen LogP contribution in [0.2, 0.25) is 0 Å². The van der Waals surface area contributed by atoms with Crippen molar-refractivity contribution >= 4 is 0 Å². The van der Waals surface area contributed by atoms with Crippen LogP contribution in [0.4, 0.5) is 0 Å². The van der Waals surface area contributed by atoms with Gasteiger partial charge in [-0.25, -0.2) is 0 Å². The molecule has 0 fully saturated rings. The van der Waals surface area contributed by atoms with E-state index >= 15 is 0 Å². The van der Waals surface area contributed by atoms with Gasteiger partial charge in [0, 0.05) is 0 Å². The summed E-state index contributed by atoms with van der Waals surface area (Å²) in [6.45, 7) is 0. The Kier molecular flexibility index (Phi) is 4930. The molecule has 0 aromatic carbocycles. The zero-order chi connectivity index (χ0) is 0. The maximum Gasteiger partial charge on any atom is 4.00 e. The van der Waals surface area contributed by atoms with Crippen molar-refractivity contribution in [1.29, 1.82) is 0 Å². The molecule has 0 heterocycles. The molecular weight excluding hydrogens is 439 g/mol. The fraction of sp³-hybridized carbons (Fsp3) is 0. The van der Waals surface area contributed by atoms with E-state index in [0.29, 0.717) is 0 Å². The minimum atomic E-state index is 0. The van der Waals surface area contributed by atoms with Gasteiger partial charge in [-0.05, 0) is 0 Å². The minimum absolute atomic E-state index is 0. The molecule has 0 unspecified atom stereocenters. The van der Waals surface area contributed by atoms with E-state index in [4.69, 9.17) is 0 Å². The zero-order valence-electron chi connectivity index (χ0n) is 7.27. The first-order valence-corrected chi connectivity index (χ1v) is 0. The van der Waals surface area contributed by atoms with Gasteiger partial charge >= 0.3 is 129 Å². The normalized spacial score (nSPS) is 0. The van der Waals surface area contributed by atoms with Gasteiger partial charge in [0.05, 0.1) is 0 Å². The molecule has 0 N–H and O–H groups in total. The fourth-order valence-corrected chi connectivity index (χ4v) is 0. The number of hydrogen-bond acceptors (Lipinski definition) is 0. The molecule has 0 aliphatic heterocycles. The van der Waals surface area contributed by atoms with Crippen molar-refractivity contribution < 1.29 is 167 Å². The van der Waals surface area contributed by atoms with Gasteiger partial charge in [-0.1, -0.05) is 0 Å². The van der Waals surface area contributed by atoms with Gasteiger partial charge in [-0.3, -0.25) is 0 Å². The van der Waals surface area contributed by atoms with Crippen LogP contribution in [-0.4, -0.2) is 0 Å². The minimum Gasteiger partial charge on any atom is -2.00 e. The first-order chi connectivity index (χ1) is 0. The second-order valence-electron chi connectivity index (χ2n) is 0. The van der Waals surface area contributed by atoms with Crippen molar-refractivity contribution in [1.82, 2.24) is 0 Å². The van der Waals surface area contributed by atoms with Crippen molar-refractivity contribution in [3.8, 4) is 0 Å². The Morgan fingerprint density at radius 2 is 0.308 bits per heavy atom. The molecule has 0 atom stereocenters. The average Bonchev–Trinajstić information content (AvgIpc) is 0. The van der Waals surface area contributed by atoms with Crippen LogP contribution in [-0.2, 0) is 130 Å². The Labute approximate surface area is 165 Å². The van der Waals surface area contributed by atoms with Gasteiger partial charge in [-0.2, -0.15) is 0 Å². The predicted octanol–water partition coefficient (Wildman–Crippen LogP) is -6.83. The van der Waals surface area contributed by atoms with Crippen LogP contribution in [0.3, 0.4) is 0 Å². The van der Waals surface area contributed by atoms with Crippen molar-refractivity contribution in [3.05, 3.63) is 0 Å². The molecule has 0 radical (unpaired) electrons. The van der Waals surface area contributed by atoms with Gasteiger partial charge in [-0.15, -0.1) is 0 Å². The summed E-state index contributed by atoms with van der Waals surface area (Å²) in [5.74, 6) is 0. The van der Waals surface area contributed by atoms with E-state index < -0.39 is 0 Å². The Morgan fingerprint density at radius 3 is 0.308 bits per heavy atom. The van der Waals surface area contributed by atoms with Gasteiger partial charge in [0.1, 0.15) is 0 Å². The summed E-state index contributed by atoms with van der Waals surface area (Å²) in [7, 11) is 0. The summed E-state index contributed by atoms with van der Waals surface area (Å²) in [5, 5.41) is 0. The maximum atomic E-state index is 0. The maximum absolute atomic E-state index is 0. The molecule has 13 heavy (non-hydrogen) atoms. The standard InChI is InChI=1S/2Li.7O.2Zn.2Zr/q2*+1;7*-2;2*+2;2*+4. The fourth-order valence-electron chi connectivity index (χ4n) is 0. The van der Waals surface area contributed by atoms with Crippen LogP contribution < -0.4 is 37.7 Å². The molecule has 0 aliphatic rings. The molecule has 0 rings (SSSR count).